The van der Waals surface area contributed by atoms with Crippen LogP contribution in [0.1, 0.15) is 12.0 Å². The molecule has 0 fully saturated rings. The minimum atomic E-state index is 0.967. The number of pyridine rings is 1. The molecule has 0 spiro atoms. The molecular weight excluding hydrogens is 270 g/mol. The lowest BCUT2D eigenvalue weighted by Gasteiger charge is -2.15. The third-order valence-corrected chi connectivity index (χ3v) is 4.00. The summed E-state index contributed by atoms with van der Waals surface area (Å²) in [6.45, 7) is 4.18. The van der Waals surface area contributed by atoms with Crippen molar-refractivity contribution in [1.29, 1.82) is 0 Å². The number of nitrogens with one attached hydrogen (secondary N) is 1. The van der Waals surface area contributed by atoms with Gasteiger partial charge in [-0.3, -0.25) is 0 Å². The van der Waals surface area contributed by atoms with Gasteiger partial charge < -0.3 is 10.2 Å². The van der Waals surface area contributed by atoms with Gasteiger partial charge in [-0.2, -0.15) is 0 Å². The Morgan fingerprint density at radius 1 is 1.00 bits per heavy atom. The molecule has 3 heteroatoms. The number of para-hydroxylation sites is 2. The van der Waals surface area contributed by atoms with Crippen molar-refractivity contribution in [2.45, 2.75) is 13.3 Å². The van der Waals surface area contributed by atoms with Crippen molar-refractivity contribution in [2.24, 2.45) is 0 Å². The van der Waals surface area contributed by atoms with Crippen molar-refractivity contribution in [3.63, 3.8) is 0 Å². The number of nitrogens with zero attached hydrogens (tertiary/aromatic N) is 2. The van der Waals surface area contributed by atoms with E-state index in [9.17, 15) is 0 Å². The lowest BCUT2D eigenvalue weighted by Crippen LogP contribution is -2.16. The molecular formula is C19H23N3. The lowest BCUT2D eigenvalue weighted by molar-refractivity contribution is 0.405. The Kier molecular flexibility index (Phi) is 4.25. The lowest BCUT2D eigenvalue weighted by atomic mass is 10.0. The average Bonchev–Trinajstić information content (AvgIpc) is 2.51. The van der Waals surface area contributed by atoms with Gasteiger partial charge in [0.25, 0.3) is 0 Å². The predicted octanol–water partition coefficient (Wildman–Crippen LogP) is 4.06. The van der Waals surface area contributed by atoms with Crippen molar-refractivity contribution < 1.29 is 0 Å². The fourth-order valence-corrected chi connectivity index (χ4v) is 2.86. The summed E-state index contributed by atoms with van der Waals surface area (Å²) in [5, 5.41) is 6.06. The quantitative estimate of drug-likeness (QED) is 0.568. The number of benzene rings is 2. The van der Waals surface area contributed by atoms with Crippen LogP contribution in [0, 0.1) is 6.92 Å². The molecule has 0 bridgehead atoms. The van der Waals surface area contributed by atoms with E-state index in [0.29, 0.717) is 0 Å². The third-order valence-electron chi connectivity index (χ3n) is 4.00. The highest BCUT2D eigenvalue weighted by Crippen LogP contribution is 2.31. The summed E-state index contributed by atoms with van der Waals surface area (Å²) in [6.07, 6.45) is 1.12. The van der Waals surface area contributed by atoms with Crippen LogP contribution in [0.2, 0.25) is 0 Å². The van der Waals surface area contributed by atoms with E-state index in [2.05, 4.69) is 73.7 Å². The minimum Gasteiger partial charge on any atom is -0.384 e. The van der Waals surface area contributed by atoms with Crippen LogP contribution in [0.3, 0.4) is 0 Å². The summed E-state index contributed by atoms with van der Waals surface area (Å²) in [6, 6.07) is 14.8. The number of hydrogen-bond donors (Lipinski definition) is 1. The standard InChI is InChI=1S/C19H23N3/c1-14-8-6-10-16-18(14)21-17-11-5-4-9-15(17)19(16)20-12-7-13-22(2)3/h4-6,8-11H,7,12-13H2,1-3H3,(H,20,21). The Balaban J connectivity index is 2.05. The highest BCUT2D eigenvalue weighted by Gasteiger charge is 2.09. The predicted molar refractivity (Wildman–Crippen MR) is 95.6 cm³/mol. The zero-order chi connectivity index (χ0) is 15.5. The number of anilines is 1. The van der Waals surface area contributed by atoms with Crippen LogP contribution < -0.4 is 5.32 Å². The van der Waals surface area contributed by atoms with Crippen LogP contribution in [-0.2, 0) is 0 Å². The van der Waals surface area contributed by atoms with E-state index in [1.807, 2.05) is 0 Å². The van der Waals surface area contributed by atoms with Gasteiger partial charge in [-0.25, -0.2) is 4.98 Å². The van der Waals surface area contributed by atoms with Gasteiger partial charge in [0.2, 0.25) is 0 Å². The molecule has 1 N–H and O–H groups in total. The van der Waals surface area contributed by atoms with Gasteiger partial charge in [0.05, 0.1) is 16.7 Å². The van der Waals surface area contributed by atoms with Crippen LogP contribution in [0.5, 0.6) is 0 Å². The summed E-state index contributed by atoms with van der Waals surface area (Å²) < 4.78 is 0. The van der Waals surface area contributed by atoms with E-state index in [1.165, 1.54) is 22.0 Å². The molecule has 0 amide bonds. The fraction of sp³-hybridized carbons (Fsp3) is 0.316. The van der Waals surface area contributed by atoms with Gasteiger partial charge in [0, 0.05) is 17.3 Å². The van der Waals surface area contributed by atoms with Crippen molar-refractivity contribution in [2.75, 3.05) is 32.5 Å². The Morgan fingerprint density at radius 2 is 1.77 bits per heavy atom. The van der Waals surface area contributed by atoms with Crippen molar-refractivity contribution in [1.82, 2.24) is 9.88 Å². The molecule has 0 saturated heterocycles. The van der Waals surface area contributed by atoms with E-state index in [1.54, 1.807) is 0 Å². The Bertz CT molecular complexity index is 793. The highest BCUT2D eigenvalue weighted by molar-refractivity contribution is 6.08. The maximum atomic E-state index is 4.85. The zero-order valence-corrected chi connectivity index (χ0v) is 13.6. The van der Waals surface area contributed by atoms with Gasteiger partial charge in [0.1, 0.15) is 0 Å². The maximum absolute atomic E-state index is 4.85. The maximum Gasteiger partial charge on any atom is 0.0759 e. The monoisotopic (exact) mass is 293 g/mol. The summed E-state index contributed by atoms with van der Waals surface area (Å²) in [4.78, 5) is 7.06. The Labute approximate surface area is 132 Å². The first kappa shape index (κ1) is 14.8. The normalized spacial score (nSPS) is 11.5. The Hall–Kier alpha value is -2.13. The molecule has 22 heavy (non-hydrogen) atoms. The molecule has 3 rings (SSSR count). The van der Waals surface area contributed by atoms with E-state index >= 15 is 0 Å². The average molecular weight is 293 g/mol. The number of aryl methyl sites for hydroxylation is 1. The molecule has 0 radical (unpaired) electrons. The van der Waals surface area contributed by atoms with Gasteiger partial charge in [-0.05, 0) is 45.6 Å². The van der Waals surface area contributed by atoms with Gasteiger partial charge >= 0.3 is 0 Å². The summed E-state index contributed by atoms with van der Waals surface area (Å²) >= 11 is 0. The molecule has 0 saturated carbocycles. The SMILES string of the molecule is Cc1cccc2c(NCCCN(C)C)c3ccccc3nc12. The van der Waals surface area contributed by atoms with Crippen molar-refractivity contribution >= 4 is 27.5 Å². The largest absolute Gasteiger partial charge is 0.384 e. The number of aromatic nitrogens is 1. The second kappa shape index (κ2) is 6.32. The second-order valence-electron chi connectivity index (χ2n) is 6.06. The molecule has 0 unspecified atom stereocenters. The topological polar surface area (TPSA) is 28.2 Å². The molecule has 0 aliphatic rings. The van der Waals surface area contributed by atoms with Crippen molar-refractivity contribution in [3.8, 4) is 0 Å². The molecule has 2 aromatic carbocycles. The first-order valence-electron chi connectivity index (χ1n) is 7.83. The van der Waals surface area contributed by atoms with Gasteiger partial charge in [-0.1, -0.05) is 36.4 Å². The van der Waals surface area contributed by atoms with E-state index in [-0.39, 0.29) is 0 Å². The van der Waals surface area contributed by atoms with Crippen LogP contribution in [-0.4, -0.2) is 37.1 Å². The van der Waals surface area contributed by atoms with Crippen LogP contribution >= 0.6 is 0 Å². The molecule has 0 aliphatic carbocycles. The Morgan fingerprint density at radius 3 is 2.59 bits per heavy atom. The van der Waals surface area contributed by atoms with Crippen LogP contribution in [0.15, 0.2) is 42.5 Å². The highest BCUT2D eigenvalue weighted by atomic mass is 15.1. The smallest absolute Gasteiger partial charge is 0.0759 e. The first-order valence-corrected chi connectivity index (χ1v) is 7.83. The molecule has 3 nitrogen and oxygen atoms in total. The van der Waals surface area contributed by atoms with E-state index in [4.69, 9.17) is 4.98 Å². The summed E-state index contributed by atoms with van der Waals surface area (Å²) in [7, 11) is 4.22. The molecule has 114 valence electrons. The summed E-state index contributed by atoms with van der Waals surface area (Å²) in [5.41, 5.74) is 4.58. The van der Waals surface area contributed by atoms with E-state index in [0.717, 1.165) is 30.5 Å². The first-order chi connectivity index (χ1) is 10.7. The van der Waals surface area contributed by atoms with Gasteiger partial charge in [-0.15, -0.1) is 0 Å². The molecule has 0 aliphatic heterocycles. The number of hydrogen-bond acceptors (Lipinski definition) is 3. The van der Waals surface area contributed by atoms with Crippen molar-refractivity contribution in [3.05, 3.63) is 48.0 Å². The zero-order valence-electron chi connectivity index (χ0n) is 13.6. The minimum absolute atomic E-state index is 0.967. The molecule has 1 aromatic heterocycles. The summed E-state index contributed by atoms with van der Waals surface area (Å²) in [5.74, 6) is 0. The fourth-order valence-electron chi connectivity index (χ4n) is 2.86. The molecule has 0 atom stereocenters. The third kappa shape index (κ3) is 2.90. The van der Waals surface area contributed by atoms with E-state index < -0.39 is 0 Å². The molecule has 3 aromatic rings. The van der Waals surface area contributed by atoms with Crippen LogP contribution in [0.4, 0.5) is 5.69 Å². The van der Waals surface area contributed by atoms with Crippen LogP contribution in [0.25, 0.3) is 21.8 Å². The van der Waals surface area contributed by atoms with Gasteiger partial charge in [0.15, 0.2) is 0 Å². The number of fused-ring (bicyclic) bond motifs is 2. The number of rotatable bonds is 5. The second-order valence-corrected chi connectivity index (χ2v) is 6.06. The molecule has 1 heterocycles.